The monoisotopic (exact) mass is 526 g/mol. The molecule has 0 unspecified atom stereocenters. The standard InChI is InChI=1S/C25H20F6N2O4/c1-32-20(35)23(21(36)33(2)22(32)37)18(13-3-7-15(8-4-13)24(26,27)28)11-17(34)12-19(23)14-5-9-16(10-6-14)25(29,30)31/h3-10,18-19H,11-12H2,1-2H3/t18-,19+. The molecule has 2 atom stereocenters. The molecule has 2 fully saturated rings. The summed E-state index contributed by atoms with van der Waals surface area (Å²) in [4.78, 5) is 54.3. The summed E-state index contributed by atoms with van der Waals surface area (Å²) in [6.45, 7) is 0. The van der Waals surface area contributed by atoms with E-state index in [9.17, 15) is 45.5 Å². The molecule has 2 aromatic carbocycles. The summed E-state index contributed by atoms with van der Waals surface area (Å²) in [6, 6.07) is 6.33. The lowest BCUT2D eigenvalue weighted by atomic mass is 9.54. The Balaban J connectivity index is 1.94. The number of hydrogen-bond donors (Lipinski definition) is 0. The van der Waals surface area contributed by atoms with Crippen molar-refractivity contribution in [2.45, 2.75) is 37.0 Å². The maximum atomic E-state index is 13.8. The van der Waals surface area contributed by atoms with Gasteiger partial charge >= 0.3 is 18.4 Å². The molecule has 0 aromatic heterocycles. The van der Waals surface area contributed by atoms with E-state index < -0.39 is 77.2 Å². The van der Waals surface area contributed by atoms with Crippen LogP contribution < -0.4 is 0 Å². The number of urea groups is 1. The second kappa shape index (κ2) is 8.70. The topological polar surface area (TPSA) is 74.8 Å². The minimum Gasteiger partial charge on any atom is -0.300 e. The summed E-state index contributed by atoms with van der Waals surface area (Å²) in [5.41, 5.74) is -3.98. The van der Waals surface area contributed by atoms with Gasteiger partial charge in [-0.2, -0.15) is 26.3 Å². The molecule has 4 rings (SSSR count). The van der Waals surface area contributed by atoms with Crippen molar-refractivity contribution in [3.63, 3.8) is 0 Å². The normalized spacial score (nSPS) is 22.7. The third-order valence-electron chi connectivity index (χ3n) is 7.13. The van der Waals surface area contributed by atoms with Gasteiger partial charge in [0.15, 0.2) is 0 Å². The van der Waals surface area contributed by atoms with Crippen LogP contribution in [0.25, 0.3) is 0 Å². The highest BCUT2D eigenvalue weighted by molar-refractivity contribution is 6.21. The summed E-state index contributed by atoms with van der Waals surface area (Å²) in [5.74, 6) is -4.96. The van der Waals surface area contributed by atoms with Crippen LogP contribution in [0.2, 0.25) is 0 Å². The fourth-order valence-electron chi connectivity index (χ4n) is 5.32. The van der Waals surface area contributed by atoms with E-state index in [-0.39, 0.29) is 11.1 Å². The number of Topliss-reactive ketones (excluding diaryl/α,β-unsaturated/α-hetero) is 1. The van der Waals surface area contributed by atoms with Gasteiger partial charge in [0.25, 0.3) is 0 Å². The average Bonchev–Trinajstić information content (AvgIpc) is 2.84. The van der Waals surface area contributed by atoms with E-state index in [1.54, 1.807) is 0 Å². The van der Waals surface area contributed by atoms with Crippen molar-refractivity contribution in [1.29, 1.82) is 0 Å². The largest absolute Gasteiger partial charge is 0.416 e. The Kier molecular flexibility index (Phi) is 6.20. The number of barbiturate groups is 1. The first kappa shape index (κ1) is 26.4. The van der Waals surface area contributed by atoms with Crippen molar-refractivity contribution in [3.8, 4) is 0 Å². The summed E-state index contributed by atoms with van der Waals surface area (Å²) in [7, 11) is 2.25. The molecule has 12 heteroatoms. The van der Waals surface area contributed by atoms with Gasteiger partial charge in [0.05, 0.1) is 11.1 Å². The van der Waals surface area contributed by atoms with E-state index in [4.69, 9.17) is 0 Å². The molecule has 1 aliphatic heterocycles. The summed E-state index contributed by atoms with van der Waals surface area (Å²) in [5, 5.41) is 0. The number of ketones is 1. The zero-order chi connectivity index (χ0) is 27.5. The second-order valence-electron chi connectivity index (χ2n) is 9.17. The Morgan fingerprint density at radius 1 is 0.649 bits per heavy atom. The molecule has 2 aliphatic rings. The van der Waals surface area contributed by atoms with Gasteiger partial charge < -0.3 is 0 Å². The number of nitrogens with zero attached hydrogens (tertiary/aromatic N) is 2. The van der Waals surface area contributed by atoms with Crippen LogP contribution in [0.4, 0.5) is 31.1 Å². The average molecular weight is 526 g/mol. The van der Waals surface area contributed by atoms with Crippen molar-refractivity contribution in [2.75, 3.05) is 14.1 Å². The zero-order valence-corrected chi connectivity index (χ0v) is 19.5. The first-order chi connectivity index (χ1) is 17.1. The van der Waals surface area contributed by atoms with Gasteiger partial charge in [0, 0.05) is 38.8 Å². The molecule has 1 saturated carbocycles. The van der Waals surface area contributed by atoms with Gasteiger partial charge in [-0.05, 0) is 35.4 Å². The fraction of sp³-hybridized carbons (Fsp3) is 0.360. The highest BCUT2D eigenvalue weighted by Gasteiger charge is 2.66. The smallest absolute Gasteiger partial charge is 0.300 e. The van der Waals surface area contributed by atoms with Crippen molar-refractivity contribution < 1.29 is 45.5 Å². The number of carbonyl (C=O) groups excluding carboxylic acids is 4. The number of rotatable bonds is 2. The molecule has 37 heavy (non-hydrogen) atoms. The van der Waals surface area contributed by atoms with Crippen LogP contribution in [0, 0.1) is 5.41 Å². The lowest BCUT2D eigenvalue weighted by Gasteiger charge is -2.51. The van der Waals surface area contributed by atoms with Gasteiger partial charge in [0.2, 0.25) is 11.8 Å². The minimum absolute atomic E-state index is 0.0795. The first-order valence-electron chi connectivity index (χ1n) is 11.1. The molecule has 1 heterocycles. The summed E-state index contributed by atoms with van der Waals surface area (Å²) < 4.78 is 78.9. The number of alkyl halides is 6. The number of benzene rings is 2. The third kappa shape index (κ3) is 4.17. The molecule has 0 radical (unpaired) electrons. The molecule has 2 aromatic rings. The molecular weight excluding hydrogens is 506 g/mol. The first-order valence-corrected chi connectivity index (χ1v) is 11.1. The predicted octanol–water partition coefficient (Wildman–Crippen LogP) is 4.99. The second-order valence-corrected chi connectivity index (χ2v) is 9.17. The molecule has 6 nitrogen and oxygen atoms in total. The summed E-state index contributed by atoms with van der Waals surface area (Å²) >= 11 is 0. The lowest BCUT2D eigenvalue weighted by molar-refractivity contribution is -0.164. The van der Waals surface area contributed by atoms with Crippen LogP contribution >= 0.6 is 0 Å². The van der Waals surface area contributed by atoms with E-state index in [0.717, 1.165) is 62.6 Å². The number of amides is 4. The molecule has 1 aliphatic carbocycles. The Morgan fingerprint density at radius 3 is 1.27 bits per heavy atom. The van der Waals surface area contributed by atoms with E-state index in [2.05, 4.69) is 0 Å². The van der Waals surface area contributed by atoms with E-state index in [1.807, 2.05) is 0 Å². The molecule has 0 N–H and O–H groups in total. The Bertz CT molecular complexity index is 1170. The number of carbonyl (C=O) groups is 4. The summed E-state index contributed by atoms with van der Waals surface area (Å²) in [6.07, 6.45) is -10.1. The molecule has 1 saturated heterocycles. The lowest BCUT2D eigenvalue weighted by Crippen LogP contribution is -2.68. The quantitative estimate of drug-likeness (QED) is 0.408. The minimum atomic E-state index is -4.66. The van der Waals surface area contributed by atoms with Crippen LogP contribution in [0.15, 0.2) is 48.5 Å². The van der Waals surface area contributed by atoms with Crippen molar-refractivity contribution >= 4 is 23.6 Å². The van der Waals surface area contributed by atoms with Gasteiger partial charge in [-0.25, -0.2) is 4.79 Å². The molecular formula is C25H20F6N2O4. The third-order valence-corrected chi connectivity index (χ3v) is 7.13. The van der Waals surface area contributed by atoms with Crippen LogP contribution in [0.5, 0.6) is 0 Å². The van der Waals surface area contributed by atoms with Crippen molar-refractivity contribution in [3.05, 3.63) is 70.8 Å². The maximum Gasteiger partial charge on any atom is 0.416 e. The van der Waals surface area contributed by atoms with E-state index in [1.165, 1.54) is 0 Å². The van der Waals surface area contributed by atoms with Crippen LogP contribution in [-0.2, 0) is 26.7 Å². The van der Waals surface area contributed by atoms with E-state index in [0.29, 0.717) is 9.80 Å². The highest BCUT2D eigenvalue weighted by atomic mass is 19.4. The van der Waals surface area contributed by atoms with Crippen molar-refractivity contribution in [1.82, 2.24) is 9.80 Å². The van der Waals surface area contributed by atoms with E-state index >= 15 is 0 Å². The fourth-order valence-corrected chi connectivity index (χ4v) is 5.32. The van der Waals surface area contributed by atoms with Gasteiger partial charge in [-0.15, -0.1) is 0 Å². The SMILES string of the molecule is CN1C(=O)N(C)C(=O)C2(C1=O)[C@@H](c1ccc(C(F)(F)F)cc1)CC(=O)C[C@H]2c1ccc(C(F)(F)F)cc1. The molecule has 1 spiro atoms. The molecule has 0 bridgehead atoms. The van der Waals surface area contributed by atoms with Crippen LogP contribution in [-0.4, -0.2) is 47.5 Å². The molecule has 4 amide bonds. The molecule has 196 valence electrons. The van der Waals surface area contributed by atoms with Gasteiger partial charge in [0.1, 0.15) is 11.2 Å². The Morgan fingerprint density at radius 2 is 0.973 bits per heavy atom. The maximum absolute atomic E-state index is 13.8. The number of halogens is 6. The Labute approximate surface area is 206 Å². The Hall–Kier alpha value is -3.70. The predicted molar refractivity (Wildman–Crippen MR) is 116 cm³/mol. The van der Waals surface area contributed by atoms with Gasteiger partial charge in [-0.3, -0.25) is 24.2 Å². The van der Waals surface area contributed by atoms with Gasteiger partial charge in [-0.1, -0.05) is 24.3 Å². The number of imide groups is 2. The highest BCUT2D eigenvalue weighted by Crippen LogP contribution is 2.57. The van der Waals surface area contributed by atoms with Crippen LogP contribution in [0.1, 0.15) is 46.9 Å². The zero-order valence-electron chi connectivity index (χ0n) is 19.5. The van der Waals surface area contributed by atoms with Crippen molar-refractivity contribution in [2.24, 2.45) is 5.41 Å². The van der Waals surface area contributed by atoms with Crippen LogP contribution in [0.3, 0.4) is 0 Å². The number of hydrogen-bond acceptors (Lipinski definition) is 4.